The minimum atomic E-state index is -1.20. The second-order valence-electron chi connectivity index (χ2n) is 13.3. The molecule has 3 fully saturated rings. The molecule has 1 aromatic carbocycles. The number of hydrogen-bond donors (Lipinski definition) is 3. The van der Waals surface area contributed by atoms with Crippen molar-refractivity contribution in [2.24, 2.45) is 33.7 Å². The number of carbonyl (C=O) groups excluding carboxylic acids is 3. The van der Waals surface area contributed by atoms with E-state index in [0.29, 0.717) is 24.2 Å². The van der Waals surface area contributed by atoms with E-state index in [-0.39, 0.29) is 35.4 Å². The Balaban J connectivity index is 1.20. The van der Waals surface area contributed by atoms with Gasteiger partial charge in [0.1, 0.15) is 17.4 Å². The molecule has 0 heterocycles. The first-order valence-corrected chi connectivity index (χ1v) is 15.2. The summed E-state index contributed by atoms with van der Waals surface area (Å²) in [4.78, 5) is 42.8. The maximum absolute atomic E-state index is 12.6. The third-order valence-corrected chi connectivity index (χ3v) is 11.3. The van der Waals surface area contributed by atoms with E-state index in [9.17, 15) is 24.6 Å². The molecule has 0 aromatic heterocycles. The summed E-state index contributed by atoms with van der Waals surface area (Å²) in [5.41, 5.74) is 1.47. The van der Waals surface area contributed by atoms with Crippen LogP contribution in [-0.2, 0) is 30.4 Å². The van der Waals surface area contributed by atoms with Crippen molar-refractivity contribution in [1.82, 2.24) is 5.32 Å². The molecule has 9 nitrogen and oxygen atoms in total. The zero-order valence-corrected chi connectivity index (χ0v) is 25.2. The number of oxime groups is 1. The zero-order chi connectivity index (χ0) is 30.3. The quantitative estimate of drug-likeness (QED) is 0.309. The lowest BCUT2D eigenvalue weighted by Crippen LogP contribution is -2.57. The van der Waals surface area contributed by atoms with Gasteiger partial charge in [-0.15, -0.1) is 0 Å². The van der Waals surface area contributed by atoms with Crippen LogP contribution >= 0.6 is 0 Å². The van der Waals surface area contributed by atoms with E-state index in [4.69, 9.17) is 9.57 Å². The molecule has 3 N–H and O–H groups in total. The summed E-state index contributed by atoms with van der Waals surface area (Å²) in [6.07, 6.45) is 9.44. The minimum Gasteiger partial charge on any atom is -0.508 e. The Morgan fingerprint density at radius 3 is 2.45 bits per heavy atom. The van der Waals surface area contributed by atoms with Crippen molar-refractivity contribution in [3.05, 3.63) is 41.5 Å². The molecule has 9 heteroatoms. The summed E-state index contributed by atoms with van der Waals surface area (Å²) in [5, 5.41) is 27.8. The summed E-state index contributed by atoms with van der Waals surface area (Å²) < 4.78 is 4.85. The number of hydrogen-bond acceptors (Lipinski definition) is 8. The Morgan fingerprint density at radius 1 is 1.05 bits per heavy atom. The van der Waals surface area contributed by atoms with Crippen LogP contribution in [0.15, 0.2) is 41.1 Å². The van der Waals surface area contributed by atoms with Crippen LogP contribution in [0.2, 0.25) is 0 Å². The fraction of sp³-hybridized carbons (Fsp3) is 0.636. The number of Topliss-reactive ketones (excluding diaryl/α,β-unsaturated/α-hetero) is 1. The lowest BCUT2D eigenvalue weighted by atomic mass is 9.46. The fourth-order valence-corrected chi connectivity index (χ4v) is 8.85. The Labute approximate surface area is 247 Å². The number of aliphatic hydroxyl groups is 1. The van der Waals surface area contributed by atoms with Gasteiger partial charge in [0.15, 0.2) is 12.4 Å². The molecule has 0 aliphatic heterocycles. The third-order valence-electron chi connectivity index (χ3n) is 11.3. The van der Waals surface area contributed by atoms with Gasteiger partial charge < -0.3 is 25.1 Å². The first-order valence-electron chi connectivity index (χ1n) is 15.2. The van der Waals surface area contributed by atoms with E-state index in [1.165, 1.54) is 24.8 Å². The molecule has 4 aliphatic carbocycles. The first kappa shape index (κ1) is 30.3. The minimum absolute atomic E-state index is 0.0551. The van der Waals surface area contributed by atoms with Crippen molar-refractivity contribution in [3.63, 3.8) is 0 Å². The number of fused-ring (bicyclic) bond motifs is 5. The van der Waals surface area contributed by atoms with Gasteiger partial charge in [-0.3, -0.25) is 9.59 Å². The molecular formula is C33H44N2O7. The first-order chi connectivity index (χ1) is 19.9. The number of amides is 1. The Hall–Kier alpha value is -3.20. The Bertz CT molecular complexity index is 1290. The highest BCUT2D eigenvalue weighted by Crippen LogP contribution is 2.67. The van der Waals surface area contributed by atoms with E-state index in [2.05, 4.69) is 30.4 Å². The summed E-state index contributed by atoms with van der Waals surface area (Å²) in [7, 11) is 1.27. The zero-order valence-electron chi connectivity index (χ0n) is 25.2. The fourth-order valence-electron chi connectivity index (χ4n) is 8.85. The highest BCUT2D eigenvalue weighted by Gasteiger charge is 2.65. The summed E-state index contributed by atoms with van der Waals surface area (Å²) in [5.74, 6) is 0.371. The normalized spacial score (nSPS) is 35.2. The molecule has 4 unspecified atom stereocenters. The lowest BCUT2D eigenvalue weighted by molar-refractivity contribution is -0.159. The van der Waals surface area contributed by atoms with E-state index in [0.717, 1.165) is 56.2 Å². The van der Waals surface area contributed by atoms with Gasteiger partial charge in [-0.25, -0.2) is 4.79 Å². The van der Waals surface area contributed by atoms with Gasteiger partial charge in [0.25, 0.3) is 5.91 Å². The summed E-state index contributed by atoms with van der Waals surface area (Å²) >= 11 is 0. The number of phenolic OH excluding ortho intramolecular Hbond substituents is 1. The van der Waals surface area contributed by atoms with Crippen LogP contribution < -0.4 is 5.32 Å². The maximum Gasteiger partial charge on any atom is 0.328 e. The van der Waals surface area contributed by atoms with Crippen LogP contribution in [0.5, 0.6) is 5.75 Å². The number of ether oxygens (including phenoxy) is 1. The molecule has 1 aromatic rings. The lowest BCUT2D eigenvalue weighted by Gasteiger charge is -2.59. The highest BCUT2D eigenvalue weighted by atomic mass is 16.6. The summed E-state index contributed by atoms with van der Waals surface area (Å²) in [6.45, 7) is 5.75. The predicted molar refractivity (Wildman–Crippen MR) is 156 cm³/mol. The van der Waals surface area contributed by atoms with Crippen LogP contribution in [0.25, 0.3) is 0 Å². The number of rotatable bonds is 8. The highest BCUT2D eigenvalue weighted by molar-refractivity contribution is 5.96. The van der Waals surface area contributed by atoms with Crippen LogP contribution in [0.4, 0.5) is 0 Å². The number of nitrogens with one attached hydrogen (secondary N) is 1. The number of carbonyl (C=O) groups is 3. The predicted octanol–water partition coefficient (Wildman–Crippen LogP) is 4.25. The van der Waals surface area contributed by atoms with Gasteiger partial charge >= 0.3 is 5.97 Å². The van der Waals surface area contributed by atoms with Gasteiger partial charge in [-0.1, -0.05) is 36.7 Å². The van der Waals surface area contributed by atoms with Crippen LogP contribution in [-0.4, -0.2) is 58.9 Å². The summed E-state index contributed by atoms with van der Waals surface area (Å²) in [6, 6.07) is 5.52. The van der Waals surface area contributed by atoms with E-state index in [1.807, 2.05) is 0 Å². The van der Waals surface area contributed by atoms with Crippen molar-refractivity contribution in [2.75, 3.05) is 13.7 Å². The number of nitrogens with zero attached hydrogens (tertiary/aromatic N) is 1. The number of aromatic hydroxyl groups is 1. The number of allylic oxidation sites excluding steroid dienone is 2. The molecule has 42 heavy (non-hydrogen) atoms. The van der Waals surface area contributed by atoms with Crippen molar-refractivity contribution in [2.45, 2.75) is 90.2 Å². The molecule has 0 saturated heterocycles. The monoisotopic (exact) mass is 580 g/mol. The molecule has 228 valence electrons. The van der Waals surface area contributed by atoms with Crippen LogP contribution in [0.1, 0.15) is 77.7 Å². The largest absolute Gasteiger partial charge is 0.508 e. The molecule has 5 rings (SSSR count). The van der Waals surface area contributed by atoms with Crippen LogP contribution in [0, 0.1) is 28.6 Å². The average molecular weight is 581 g/mol. The molecule has 0 bridgehead atoms. The van der Waals surface area contributed by atoms with Crippen molar-refractivity contribution >= 4 is 23.4 Å². The number of benzene rings is 1. The molecule has 3 saturated carbocycles. The average Bonchev–Trinajstić information content (AvgIpc) is 3.25. The number of ketones is 1. The molecule has 0 radical (unpaired) electrons. The van der Waals surface area contributed by atoms with Gasteiger partial charge in [-0.2, -0.15) is 0 Å². The standard InChI is InChI=1S/C33H44N2O7/c1-20(36)33(40)16-13-27-25-10-7-22-18-23(11-14-31(22,2)26(25)12-15-32(27,33)3)35-42-19-29(38)34-28(30(39)41-4)17-21-5-8-24(37)9-6-21/h5-6,8-9,18,25-28,37,40H,7,10-17,19H2,1-4H3,(H,34,38)/t25?,26?,27?,28?,31-,32-,33-/m0/s1. The number of phenols is 1. The van der Waals surface area contributed by atoms with Gasteiger partial charge in [0.05, 0.1) is 12.8 Å². The van der Waals surface area contributed by atoms with Crippen molar-refractivity contribution < 1.29 is 34.2 Å². The van der Waals surface area contributed by atoms with Crippen LogP contribution in [0.3, 0.4) is 0 Å². The van der Waals surface area contributed by atoms with Crippen molar-refractivity contribution in [1.29, 1.82) is 0 Å². The second-order valence-corrected chi connectivity index (χ2v) is 13.3. The Kier molecular flexibility index (Phi) is 8.27. The molecular weight excluding hydrogens is 536 g/mol. The number of esters is 1. The second kappa shape index (κ2) is 11.5. The van der Waals surface area contributed by atoms with E-state index >= 15 is 0 Å². The van der Waals surface area contributed by atoms with E-state index < -0.39 is 23.5 Å². The molecule has 4 aliphatic rings. The van der Waals surface area contributed by atoms with Gasteiger partial charge in [0.2, 0.25) is 0 Å². The third kappa shape index (κ3) is 5.25. The Morgan fingerprint density at radius 2 is 1.76 bits per heavy atom. The van der Waals surface area contributed by atoms with E-state index in [1.54, 1.807) is 19.1 Å². The number of methoxy groups -OCH3 is 1. The SMILES string of the molecule is COC(=O)C(Cc1ccc(O)cc1)NC(=O)CON=C1C=C2CCC3C(CC[C@@]4(C)C3CC[C@]4(O)C(C)=O)[C@@]2(C)CC1. The molecule has 1 amide bonds. The molecule has 0 spiro atoms. The van der Waals surface area contributed by atoms with Gasteiger partial charge in [0, 0.05) is 11.8 Å². The van der Waals surface area contributed by atoms with Crippen molar-refractivity contribution in [3.8, 4) is 5.75 Å². The maximum atomic E-state index is 12.6. The molecule has 7 atom stereocenters. The topological polar surface area (TPSA) is 135 Å². The smallest absolute Gasteiger partial charge is 0.328 e. The van der Waals surface area contributed by atoms with Gasteiger partial charge in [-0.05, 0) is 105 Å².